The minimum atomic E-state index is 0.315. The van der Waals surface area contributed by atoms with Crippen molar-refractivity contribution in [3.05, 3.63) is 28.8 Å². The quantitative estimate of drug-likeness (QED) is 0.866. The van der Waals surface area contributed by atoms with E-state index in [4.69, 9.17) is 21.1 Å². The monoisotopic (exact) mass is 283 g/mol. The molecule has 1 aromatic rings. The number of halogens is 1. The van der Waals surface area contributed by atoms with E-state index in [1.165, 1.54) is 18.4 Å². The first-order valence-corrected chi connectivity index (χ1v) is 7.24. The minimum Gasteiger partial charge on any atom is -0.495 e. The van der Waals surface area contributed by atoms with Gasteiger partial charge in [0.2, 0.25) is 0 Å². The standard InChI is InChI=1S/C15H22ClNO2/c1-17-14(8-6-12-4-3-9-19-12)11-5-7-13(16)15(10-11)18-2/h5,7,10,12,14,17H,3-4,6,8-9H2,1-2H3. The fourth-order valence-electron chi connectivity index (χ4n) is 2.60. The summed E-state index contributed by atoms with van der Waals surface area (Å²) >= 11 is 6.06. The first-order chi connectivity index (χ1) is 9.24. The maximum atomic E-state index is 6.06. The van der Waals surface area contributed by atoms with Gasteiger partial charge in [-0.15, -0.1) is 0 Å². The summed E-state index contributed by atoms with van der Waals surface area (Å²) in [6, 6.07) is 6.28. The predicted octanol–water partition coefficient (Wildman–Crippen LogP) is 3.57. The zero-order chi connectivity index (χ0) is 13.7. The van der Waals surface area contributed by atoms with Gasteiger partial charge in [-0.2, -0.15) is 0 Å². The molecular formula is C15H22ClNO2. The van der Waals surface area contributed by atoms with Crippen LogP contribution in [0.25, 0.3) is 0 Å². The van der Waals surface area contributed by atoms with Gasteiger partial charge in [0, 0.05) is 12.6 Å². The van der Waals surface area contributed by atoms with Crippen LogP contribution in [0.15, 0.2) is 18.2 Å². The number of methoxy groups -OCH3 is 1. The van der Waals surface area contributed by atoms with Crippen LogP contribution in [-0.2, 0) is 4.74 Å². The van der Waals surface area contributed by atoms with Crippen LogP contribution in [0.5, 0.6) is 5.75 Å². The molecule has 0 aliphatic carbocycles. The Balaban J connectivity index is 1.99. The van der Waals surface area contributed by atoms with Gasteiger partial charge < -0.3 is 14.8 Å². The van der Waals surface area contributed by atoms with Crippen LogP contribution >= 0.6 is 11.6 Å². The second kappa shape index (κ2) is 7.13. The molecule has 19 heavy (non-hydrogen) atoms. The Kier molecular flexibility index (Phi) is 5.49. The zero-order valence-electron chi connectivity index (χ0n) is 11.6. The number of nitrogens with one attached hydrogen (secondary N) is 1. The summed E-state index contributed by atoms with van der Waals surface area (Å²) in [5.41, 5.74) is 1.21. The molecule has 1 saturated heterocycles. The molecule has 1 heterocycles. The van der Waals surface area contributed by atoms with Crippen molar-refractivity contribution in [1.82, 2.24) is 5.32 Å². The molecule has 1 aromatic carbocycles. The van der Waals surface area contributed by atoms with Crippen LogP contribution in [-0.4, -0.2) is 26.9 Å². The normalized spacial score (nSPS) is 20.5. The first kappa shape index (κ1) is 14.6. The lowest BCUT2D eigenvalue weighted by Crippen LogP contribution is -2.18. The smallest absolute Gasteiger partial charge is 0.137 e. The highest BCUT2D eigenvalue weighted by atomic mass is 35.5. The molecule has 4 heteroatoms. The zero-order valence-corrected chi connectivity index (χ0v) is 12.4. The highest BCUT2D eigenvalue weighted by Crippen LogP contribution is 2.30. The van der Waals surface area contributed by atoms with E-state index in [9.17, 15) is 0 Å². The average Bonchev–Trinajstić information content (AvgIpc) is 2.94. The summed E-state index contributed by atoms with van der Waals surface area (Å²) in [6.07, 6.45) is 4.98. The van der Waals surface area contributed by atoms with E-state index in [0.29, 0.717) is 17.2 Å². The van der Waals surface area contributed by atoms with Crippen molar-refractivity contribution in [2.24, 2.45) is 0 Å². The van der Waals surface area contributed by atoms with Gasteiger partial charge in [-0.3, -0.25) is 0 Å². The molecule has 1 N–H and O–H groups in total. The molecule has 106 valence electrons. The fourth-order valence-corrected chi connectivity index (χ4v) is 2.79. The van der Waals surface area contributed by atoms with Gasteiger partial charge in [-0.1, -0.05) is 17.7 Å². The van der Waals surface area contributed by atoms with Gasteiger partial charge in [0.15, 0.2) is 0 Å². The third-order valence-corrected chi connectivity index (χ3v) is 4.04. The summed E-state index contributed by atoms with van der Waals surface area (Å²) in [5.74, 6) is 0.733. The summed E-state index contributed by atoms with van der Waals surface area (Å²) in [6.45, 7) is 0.920. The number of hydrogen-bond donors (Lipinski definition) is 1. The van der Waals surface area contributed by atoms with Gasteiger partial charge in [-0.05, 0) is 50.4 Å². The van der Waals surface area contributed by atoms with Crippen LogP contribution in [0.2, 0.25) is 5.02 Å². The highest BCUT2D eigenvalue weighted by molar-refractivity contribution is 6.32. The molecule has 0 radical (unpaired) electrons. The highest BCUT2D eigenvalue weighted by Gasteiger charge is 2.18. The Morgan fingerprint density at radius 2 is 2.37 bits per heavy atom. The molecule has 1 aliphatic heterocycles. The average molecular weight is 284 g/mol. The summed E-state index contributed by atoms with van der Waals surface area (Å²) in [4.78, 5) is 0. The van der Waals surface area contributed by atoms with Crippen molar-refractivity contribution in [1.29, 1.82) is 0 Å². The molecule has 1 aliphatic rings. The van der Waals surface area contributed by atoms with Crippen molar-refractivity contribution in [3.8, 4) is 5.75 Å². The van der Waals surface area contributed by atoms with Crippen molar-refractivity contribution in [3.63, 3.8) is 0 Å². The molecule has 3 nitrogen and oxygen atoms in total. The number of benzene rings is 1. The van der Waals surface area contributed by atoms with Crippen molar-refractivity contribution in [2.75, 3.05) is 20.8 Å². The van der Waals surface area contributed by atoms with Crippen LogP contribution < -0.4 is 10.1 Å². The summed E-state index contributed by atoms with van der Waals surface area (Å²) in [5, 5.41) is 4.01. The molecule has 0 spiro atoms. The second-order valence-corrected chi connectivity index (χ2v) is 5.35. The van der Waals surface area contributed by atoms with E-state index in [-0.39, 0.29) is 0 Å². The second-order valence-electron chi connectivity index (χ2n) is 4.95. The molecule has 2 unspecified atom stereocenters. The van der Waals surface area contributed by atoms with E-state index in [1.807, 2.05) is 19.2 Å². The molecule has 0 aromatic heterocycles. The van der Waals surface area contributed by atoms with E-state index in [1.54, 1.807) is 7.11 Å². The van der Waals surface area contributed by atoms with Crippen molar-refractivity contribution >= 4 is 11.6 Å². The first-order valence-electron chi connectivity index (χ1n) is 6.87. The molecule has 0 saturated carbocycles. The molecular weight excluding hydrogens is 262 g/mol. The van der Waals surface area contributed by atoms with E-state index >= 15 is 0 Å². The molecule has 2 atom stereocenters. The van der Waals surface area contributed by atoms with Crippen LogP contribution in [0.1, 0.15) is 37.3 Å². The molecule has 2 rings (SSSR count). The van der Waals surface area contributed by atoms with Gasteiger partial charge in [0.25, 0.3) is 0 Å². The fraction of sp³-hybridized carbons (Fsp3) is 0.600. The Hall–Kier alpha value is -0.770. The van der Waals surface area contributed by atoms with Crippen LogP contribution in [0, 0.1) is 0 Å². The maximum absolute atomic E-state index is 6.06. The molecule has 1 fully saturated rings. The lowest BCUT2D eigenvalue weighted by Gasteiger charge is -2.19. The third-order valence-electron chi connectivity index (χ3n) is 3.73. The minimum absolute atomic E-state index is 0.315. The number of rotatable bonds is 6. The Morgan fingerprint density at radius 1 is 1.53 bits per heavy atom. The molecule has 0 amide bonds. The van der Waals surface area contributed by atoms with E-state index in [2.05, 4.69) is 11.4 Å². The Bertz CT molecular complexity index is 405. The lowest BCUT2D eigenvalue weighted by molar-refractivity contribution is 0.0998. The topological polar surface area (TPSA) is 30.5 Å². The van der Waals surface area contributed by atoms with Crippen molar-refractivity contribution in [2.45, 2.75) is 37.8 Å². The van der Waals surface area contributed by atoms with E-state index in [0.717, 1.165) is 25.2 Å². The SMILES string of the molecule is CNC(CCC1CCCO1)c1ccc(Cl)c(OC)c1. The number of ether oxygens (including phenoxy) is 2. The largest absolute Gasteiger partial charge is 0.495 e. The van der Waals surface area contributed by atoms with Gasteiger partial charge in [0.05, 0.1) is 18.2 Å². The Morgan fingerprint density at radius 3 is 3.00 bits per heavy atom. The maximum Gasteiger partial charge on any atom is 0.137 e. The third kappa shape index (κ3) is 3.85. The summed E-state index contributed by atoms with van der Waals surface area (Å²) < 4.78 is 10.9. The summed E-state index contributed by atoms with van der Waals surface area (Å²) in [7, 11) is 3.63. The van der Waals surface area contributed by atoms with Crippen LogP contribution in [0.3, 0.4) is 0 Å². The predicted molar refractivity (Wildman–Crippen MR) is 78.0 cm³/mol. The Labute approximate surface area is 120 Å². The van der Waals surface area contributed by atoms with Gasteiger partial charge >= 0.3 is 0 Å². The number of hydrogen-bond acceptors (Lipinski definition) is 3. The lowest BCUT2D eigenvalue weighted by atomic mass is 9.99. The van der Waals surface area contributed by atoms with Gasteiger partial charge in [-0.25, -0.2) is 0 Å². The van der Waals surface area contributed by atoms with Gasteiger partial charge in [0.1, 0.15) is 5.75 Å². The van der Waals surface area contributed by atoms with E-state index < -0.39 is 0 Å². The van der Waals surface area contributed by atoms with Crippen molar-refractivity contribution < 1.29 is 9.47 Å². The molecule has 0 bridgehead atoms. The van der Waals surface area contributed by atoms with Crippen LogP contribution in [0.4, 0.5) is 0 Å².